The molecule has 1 aromatic heterocycles. The molecule has 7 heteroatoms. The molecule has 0 aliphatic heterocycles. The maximum absolute atomic E-state index is 12.6. The van der Waals surface area contributed by atoms with Gasteiger partial charge in [-0.25, -0.2) is 9.59 Å². The Morgan fingerprint density at radius 3 is 2.54 bits per heavy atom. The number of hydrogen-bond donors (Lipinski definition) is 1. The van der Waals surface area contributed by atoms with Crippen LogP contribution >= 0.6 is 0 Å². The second-order valence-electron chi connectivity index (χ2n) is 6.56. The lowest BCUT2D eigenvalue weighted by molar-refractivity contribution is -0.144. The van der Waals surface area contributed by atoms with Gasteiger partial charge in [0.05, 0.1) is 6.61 Å². The third kappa shape index (κ3) is 3.83. The van der Waals surface area contributed by atoms with Crippen molar-refractivity contribution in [2.45, 2.75) is 19.4 Å². The highest BCUT2D eigenvalue weighted by atomic mass is 16.5. The number of fused-ring (bicyclic) bond motifs is 1. The Morgan fingerprint density at radius 2 is 1.79 bits per heavy atom. The lowest BCUT2D eigenvalue weighted by Crippen LogP contribution is -2.41. The molecule has 28 heavy (non-hydrogen) atoms. The van der Waals surface area contributed by atoms with Crippen LogP contribution in [0, 0.1) is 0 Å². The molecule has 0 spiro atoms. The Hall–Kier alpha value is -3.35. The van der Waals surface area contributed by atoms with Gasteiger partial charge in [0, 0.05) is 26.6 Å². The number of anilines is 1. The summed E-state index contributed by atoms with van der Waals surface area (Å²) in [5, 5.41) is 5.14. The molecule has 3 rings (SSSR count). The van der Waals surface area contributed by atoms with E-state index in [4.69, 9.17) is 4.74 Å². The third-order valence-corrected chi connectivity index (χ3v) is 4.72. The predicted octanol–water partition coefficient (Wildman–Crippen LogP) is 1.82. The fraction of sp³-hybridized carbons (Fsp3) is 0.286. The minimum Gasteiger partial charge on any atom is -0.464 e. The van der Waals surface area contributed by atoms with Gasteiger partial charge in [0.25, 0.3) is 5.56 Å². The van der Waals surface area contributed by atoms with Gasteiger partial charge in [-0.15, -0.1) is 0 Å². The molecule has 1 atom stereocenters. The van der Waals surface area contributed by atoms with Gasteiger partial charge in [-0.05, 0) is 23.3 Å². The Kier molecular flexibility index (Phi) is 5.63. The molecular weight excluding hydrogens is 358 g/mol. The molecule has 0 radical (unpaired) electrons. The molecular formula is C21H23N3O4. The summed E-state index contributed by atoms with van der Waals surface area (Å²) >= 11 is 0. The van der Waals surface area contributed by atoms with E-state index in [2.05, 4.69) is 5.32 Å². The average molecular weight is 381 g/mol. The van der Waals surface area contributed by atoms with Crippen LogP contribution in [0.25, 0.3) is 10.8 Å². The lowest BCUT2D eigenvalue weighted by atomic mass is 9.98. The number of rotatable bonds is 6. The van der Waals surface area contributed by atoms with Gasteiger partial charge in [0.1, 0.15) is 11.9 Å². The topological polar surface area (TPSA) is 82.3 Å². The van der Waals surface area contributed by atoms with Gasteiger partial charge in [-0.1, -0.05) is 42.5 Å². The molecule has 1 heterocycles. The zero-order chi connectivity index (χ0) is 20.3. The molecule has 0 saturated heterocycles. The zero-order valence-corrected chi connectivity index (χ0v) is 16.1. The average Bonchev–Trinajstić information content (AvgIpc) is 2.70. The van der Waals surface area contributed by atoms with Crippen molar-refractivity contribution in [2.75, 3.05) is 11.9 Å². The van der Waals surface area contributed by atoms with Crippen molar-refractivity contribution in [1.82, 2.24) is 9.13 Å². The summed E-state index contributed by atoms with van der Waals surface area (Å²) in [7, 11) is 2.96. The van der Waals surface area contributed by atoms with E-state index in [0.717, 1.165) is 20.9 Å². The van der Waals surface area contributed by atoms with Gasteiger partial charge in [-0.3, -0.25) is 13.9 Å². The summed E-state index contributed by atoms with van der Waals surface area (Å²) < 4.78 is 7.52. The highest BCUT2D eigenvalue weighted by Gasteiger charge is 2.22. The first-order valence-corrected chi connectivity index (χ1v) is 9.09. The van der Waals surface area contributed by atoms with Crippen LogP contribution < -0.4 is 16.6 Å². The van der Waals surface area contributed by atoms with Gasteiger partial charge >= 0.3 is 11.7 Å². The molecule has 146 valence electrons. The summed E-state index contributed by atoms with van der Waals surface area (Å²) in [5.74, 6) is -0.171. The van der Waals surface area contributed by atoms with Crippen LogP contribution in [0.5, 0.6) is 0 Å². The van der Waals surface area contributed by atoms with E-state index in [1.807, 2.05) is 42.5 Å². The second-order valence-corrected chi connectivity index (χ2v) is 6.56. The SMILES string of the molecule is CCOC(=O)[C@@H](Cc1cccc2ccccc12)Nc1cc(=O)n(C)c(=O)n1C. The highest BCUT2D eigenvalue weighted by Crippen LogP contribution is 2.21. The highest BCUT2D eigenvalue weighted by molar-refractivity contribution is 5.87. The number of esters is 1. The molecule has 0 aliphatic carbocycles. The van der Waals surface area contributed by atoms with Crippen LogP contribution in [0.2, 0.25) is 0 Å². The molecule has 2 aromatic carbocycles. The van der Waals surface area contributed by atoms with Crippen molar-refractivity contribution in [2.24, 2.45) is 14.1 Å². The molecule has 7 nitrogen and oxygen atoms in total. The molecule has 1 N–H and O–H groups in total. The zero-order valence-electron chi connectivity index (χ0n) is 16.1. The minimum absolute atomic E-state index is 0.238. The predicted molar refractivity (Wildman–Crippen MR) is 109 cm³/mol. The van der Waals surface area contributed by atoms with Crippen molar-refractivity contribution in [3.05, 3.63) is 74.9 Å². The number of hydrogen-bond acceptors (Lipinski definition) is 5. The van der Waals surface area contributed by atoms with Crippen LogP contribution in [0.3, 0.4) is 0 Å². The van der Waals surface area contributed by atoms with E-state index in [9.17, 15) is 14.4 Å². The molecule has 0 saturated carbocycles. The van der Waals surface area contributed by atoms with Gasteiger partial charge in [-0.2, -0.15) is 0 Å². The van der Waals surface area contributed by atoms with Crippen molar-refractivity contribution >= 4 is 22.6 Å². The third-order valence-electron chi connectivity index (χ3n) is 4.72. The number of carbonyl (C=O) groups is 1. The standard InChI is InChI=1S/C21H23N3O4/c1-4-28-20(26)17(22-18-13-19(25)24(3)21(27)23(18)2)12-15-10-7-9-14-8-5-6-11-16(14)15/h5-11,13,17,22H,4,12H2,1-3H3/t17-/m1/s1. The summed E-state index contributed by atoms with van der Waals surface area (Å²) in [6, 6.07) is 14.4. The minimum atomic E-state index is -0.747. The normalized spacial score (nSPS) is 12.0. The summed E-state index contributed by atoms with van der Waals surface area (Å²) in [4.78, 5) is 36.8. The number of carbonyl (C=O) groups excluding carboxylic acids is 1. The van der Waals surface area contributed by atoms with Gasteiger partial charge in [0.15, 0.2) is 0 Å². The summed E-state index contributed by atoms with van der Waals surface area (Å²) in [6.07, 6.45) is 0.351. The van der Waals surface area contributed by atoms with E-state index in [0.29, 0.717) is 6.42 Å². The monoisotopic (exact) mass is 381 g/mol. The largest absolute Gasteiger partial charge is 0.464 e. The fourth-order valence-corrected chi connectivity index (χ4v) is 3.18. The van der Waals surface area contributed by atoms with E-state index in [1.54, 1.807) is 14.0 Å². The first-order chi connectivity index (χ1) is 13.4. The first-order valence-electron chi connectivity index (χ1n) is 9.09. The van der Waals surface area contributed by atoms with Gasteiger partial charge < -0.3 is 10.1 Å². The van der Waals surface area contributed by atoms with Crippen LogP contribution in [0.1, 0.15) is 12.5 Å². The Balaban J connectivity index is 2.00. The van der Waals surface area contributed by atoms with Crippen molar-refractivity contribution in [3.8, 4) is 0 Å². The van der Waals surface area contributed by atoms with E-state index >= 15 is 0 Å². The maximum atomic E-state index is 12.6. The van der Waals surface area contributed by atoms with Crippen LogP contribution in [0.4, 0.5) is 5.82 Å². The fourth-order valence-electron chi connectivity index (χ4n) is 3.18. The number of aromatic nitrogens is 2. The first kappa shape index (κ1) is 19.4. The van der Waals surface area contributed by atoms with Crippen molar-refractivity contribution < 1.29 is 9.53 Å². The van der Waals surface area contributed by atoms with E-state index in [-0.39, 0.29) is 12.4 Å². The lowest BCUT2D eigenvalue weighted by Gasteiger charge is -2.21. The Morgan fingerprint density at radius 1 is 1.07 bits per heavy atom. The molecule has 0 unspecified atom stereocenters. The summed E-state index contributed by atoms with van der Waals surface area (Å²) in [6.45, 7) is 1.98. The maximum Gasteiger partial charge on any atom is 0.332 e. The smallest absolute Gasteiger partial charge is 0.332 e. The van der Waals surface area contributed by atoms with Crippen LogP contribution in [-0.2, 0) is 30.0 Å². The molecule has 0 fully saturated rings. The van der Waals surface area contributed by atoms with Crippen molar-refractivity contribution in [3.63, 3.8) is 0 Å². The number of ether oxygens (including phenoxy) is 1. The quantitative estimate of drug-likeness (QED) is 0.659. The van der Waals surface area contributed by atoms with Gasteiger partial charge in [0.2, 0.25) is 0 Å². The number of benzene rings is 2. The molecule has 3 aromatic rings. The summed E-state index contributed by atoms with van der Waals surface area (Å²) in [5.41, 5.74) is 0.0543. The van der Waals surface area contributed by atoms with Crippen LogP contribution in [-0.4, -0.2) is 27.8 Å². The van der Waals surface area contributed by atoms with E-state index in [1.165, 1.54) is 17.7 Å². The Bertz CT molecular complexity index is 1130. The van der Waals surface area contributed by atoms with E-state index < -0.39 is 23.3 Å². The molecule has 0 amide bonds. The second kappa shape index (κ2) is 8.12. The molecule has 0 bridgehead atoms. The van der Waals surface area contributed by atoms with Crippen molar-refractivity contribution in [1.29, 1.82) is 0 Å². The van der Waals surface area contributed by atoms with Crippen LogP contribution in [0.15, 0.2) is 58.1 Å². The molecule has 0 aliphatic rings. The Labute approximate surface area is 162 Å². The number of nitrogens with zero attached hydrogens (tertiary/aromatic N) is 2. The number of nitrogens with one attached hydrogen (secondary N) is 1.